The third-order valence-electron chi connectivity index (χ3n) is 13.3. The van der Waals surface area contributed by atoms with Gasteiger partial charge in [-0.25, -0.2) is 0 Å². The zero-order valence-electron chi connectivity index (χ0n) is 36.4. The number of hydrogen-bond acceptors (Lipinski definition) is 3. The molecule has 0 N–H and O–H groups in total. The molecule has 0 aliphatic heterocycles. The topological polar surface area (TPSA) is 29.5 Å². The van der Waals surface area contributed by atoms with Crippen LogP contribution in [0.5, 0.6) is 0 Å². The molecule has 2 heterocycles. The lowest BCUT2D eigenvalue weighted by molar-refractivity contribution is 0.669. The monoisotopic (exact) mass is 855 g/mol. The van der Waals surface area contributed by atoms with Crippen LogP contribution in [0.15, 0.2) is 258 Å². The zero-order valence-corrected chi connectivity index (χ0v) is 36.4. The minimum atomic E-state index is 0.876. The van der Waals surface area contributed by atoms with Crippen LogP contribution in [-0.2, 0) is 0 Å². The second-order valence-electron chi connectivity index (χ2n) is 17.2. The first-order valence-corrected chi connectivity index (χ1v) is 22.8. The largest absolute Gasteiger partial charge is 0.456 e. The number of fused-ring (bicyclic) bond motifs is 7. The molecular weight excluding hydrogens is 815 g/mol. The first-order valence-electron chi connectivity index (χ1n) is 22.8. The van der Waals surface area contributed by atoms with Crippen molar-refractivity contribution in [3.63, 3.8) is 0 Å². The Kier molecular flexibility index (Phi) is 9.17. The molecule has 0 bridgehead atoms. The van der Waals surface area contributed by atoms with Gasteiger partial charge in [0.05, 0.1) is 5.69 Å². The Bertz CT molecular complexity index is 3960. The van der Waals surface area contributed by atoms with E-state index in [4.69, 9.17) is 8.83 Å². The van der Waals surface area contributed by atoms with Crippen LogP contribution in [-0.4, -0.2) is 0 Å². The second kappa shape index (κ2) is 16.0. The summed E-state index contributed by atoms with van der Waals surface area (Å²) in [4.78, 5) is 2.38. The molecule has 0 atom stereocenters. The van der Waals surface area contributed by atoms with Gasteiger partial charge in [0.2, 0.25) is 0 Å². The number of hydrogen-bond donors (Lipinski definition) is 0. The highest BCUT2D eigenvalue weighted by Crippen LogP contribution is 2.45. The third-order valence-corrected chi connectivity index (χ3v) is 13.3. The fourth-order valence-corrected chi connectivity index (χ4v) is 9.99. The Morgan fingerprint density at radius 2 is 0.806 bits per heavy atom. The van der Waals surface area contributed by atoms with Crippen LogP contribution >= 0.6 is 0 Å². The Morgan fingerprint density at radius 1 is 0.254 bits per heavy atom. The average Bonchev–Trinajstić information content (AvgIpc) is 3.96. The molecule has 0 fully saturated rings. The minimum Gasteiger partial charge on any atom is -0.456 e. The Morgan fingerprint density at radius 3 is 1.58 bits per heavy atom. The van der Waals surface area contributed by atoms with Crippen molar-refractivity contribution in [2.24, 2.45) is 0 Å². The molecule has 0 saturated heterocycles. The predicted octanol–water partition coefficient (Wildman–Crippen LogP) is 18.4. The summed E-state index contributed by atoms with van der Waals surface area (Å²) < 4.78 is 12.9. The smallest absolute Gasteiger partial charge is 0.143 e. The van der Waals surface area contributed by atoms with E-state index in [1.807, 2.05) is 12.1 Å². The number of anilines is 3. The fourth-order valence-electron chi connectivity index (χ4n) is 9.99. The third kappa shape index (κ3) is 6.76. The van der Waals surface area contributed by atoms with Crippen molar-refractivity contribution in [2.75, 3.05) is 4.90 Å². The molecule has 314 valence electrons. The van der Waals surface area contributed by atoms with Crippen LogP contribution in [0.4, 0.5) is 17.1 Å². The van der Waals surface area contributed by atoms with Gasteiger partial charge in [-0.3, -0.25) is 0 Å². The maximum atomic E-state index is 6.48. The molecule has 0 aliphatic rings. The second-order valence-corrected chi connectivity index (χ2v) is 17.2. The molecule has 0 saturated carbocycles. The number of nitrogens with zero attached hydrogens (tertiary/aromatic N) is 1. The van der Waals surface area contributed by atoms with Crippen LogP contribution in [0.2, 0.25) is 0 Å². The molecule has 0 spiro atoms. The van der Waals surface area contributed by atoms with Gasteiger partial charge in [0.15, 0.2) is 0 Å². The molecule has 3 nitrogen and oxygen atoms in total. The number of para-hydroxylation sites is 3. The van der Waals surface area contributed by atoms with E-state index in [9.17, 15) is 0 Å². The van der Waals surface area contributed by atoms with Gasteiger partial charge in [-0.1, -0.05) is 182 Å². The van der Waals surface area contributed by atoms with E-state index in [2.05, 4.69) is 241 Å². The van der Waals surface area contributed by atoms with Crippen molar-refractivity contribution in [3.8, 4) is 55.6 Å². The molecule has 0 radical (unpaired) electrons. The van der Waals surface area contributed by atoms with Crippen LogP contribution < -0.4 is 4.90 Å². The van der Waals surface area contributed by atoms with E-state index in [1.54, 1.807) is 0 Å². The SMILES string of the molecule is c1ccc(-c2ccc(-c3ccc(N(c4ccc(-c5cccc6c5oc5ccccc56)cc4)c4ccccc4-c4ccc5oc6cc7ccccc7cc6c5c4)cc3)cc2-c2ccccc2)cc1. The van der Waals surface area contributed by atoms with E-state index >= 15 is 0 Å². The van der Waals surface area contributed by atoms with Crippen molar-refractivity contribution < 1.29 is 8.83 Å². The Balaban J connectivity index is 0.940. The molecule has 67 heavy (non-hydrogen) atoms. The molecular formula is C64H41NO2. The van der Waals surface area contributed by atoms with E-state index < -0.39 is 0 Å². The van der Waals surface area contributed by atoms with Gasteiger partial charge in [0.1, 0.15) is 22.3 Å². The zero-order chi connectivity index (χ0) is 44.3. The van der Waals surface area contributed by atoms with Crippen LogP contribution in [0.1, 0.15) is 0 Å². The highest BCUT2D eigenvalue weighted by atomic mass is 16.3. The molecule has 0 amide bonds. The average molecular weight is 856 g/mol. The Hall–Kier alpha value is -8.92. The number of rotatable bonds is 8. The van der Waals surface area contributed by atoms with Crippen molar-refractivity contribution in [2.45, 2.75) is 0 Å². The summed E-state index contributed by atoms with van der Waals surface area (Å²) in [7, 11) is 0. The molecule has 3 heteroatoms. The quantitative estimate of drug-likeness (QED) is 0.152. The van der Waals surface area contributed by atoms with Crippen molar-refractivity contribution in [3.05, 3.63) is 249 Å². The summed E-state index contributed by atoms with van der Waals surface area (Å²) >= 11 is 0. The lowest BCUT2D eigenvalue weighted by Gasteiger charge is -2.28. The highest BCUT2D eigenvalue weighted by molar-refractivity contribution is 6.12. The fraction of sp³-hybridized carbons (Fsp3) is 0. The minimum absolute atomic E-state index is 0.876. The summed E-state index contributed by atoms with van der Waals surface area (Å²) in [5, 5.41) is 6.82. The number of benzene rings is 11. The summed E-state index contributed by atoms with van der Waals surface area (Å²) in [6.45, 7) is 0. The number of furan rings is 2. The van der Waals surface area contributed by atoms with Gasteiger partial charge >= 0.3 is 0 Å². The van der Waals surface area contributed by atoms with Crippen LogP contribution in [0.25, 0.3) is 110 Å². The molecule has 0 aliphatic carbocycles. The lowest BCUT2D eigenvalue weighted by Crippen LogP contribution is -2.11. The van der Waals surface area contributed by atoms with E-state index in [1.165, 1.54) is 33.0 Å². The van der Waals surface area contributed by atoms with Crippen LogP contribution in [0, 0.1) is 0 Å². The van der Waals surface area contributed by atoms with E-state index in [-0.39, 0.29) is 0 Å². The van der Waals surface area contributed by atoms with Gasteiger partial charge < -0.3 is 13.7 Å². The lowest BCUT2D eigenvalue weighted by atomic mass is 9.91. The van der Waals surface area contributed by atoms with Gasteiger partial charge in [0, 0.05) is 44.0 Å². The Labute approximate surface area is 388 Å². The van der Waals surface area contributed by atoms with Gasteiger partial charge in [-0.15, -0.1) is 0 Å². The van der Waals surface area contributed by atoms with Gasteiger partial charge in [0.25, 0.3) is 0 Å². The van der Waals surface area contributed by atoms with Crippen molar-refractivity contribution in [1.29, 1.82) is 0 Å². The molecule has 0 unspecified atom stereocenters. The first-order chi connectivity index (χ1) is 33.2. The highest BCUT2D eigenvalue weighted by Gasteiger charge is 2.20. The standard InChI is InChI=1S/C64H41NO2/c1-3-14-43(15-4-1)52-36-30-48(38-57(52)44-16-5-2-6-17-44)42-26-32-50(33-27-42)65(51-34-28-45(29-35-51)54-22-13-23-56-55-21-10-12-25-61(55)67-64(54)56)60-24-11-9-20-53(60)49-31-37-62-58(40-49)59-39-46-18-7-8-19-47(46)41-63(59)66-62/h1-41H. The summed E-state index contributed by atoms with van der Waals surface area (Å²) in [5.74, 6) is 0. The van der Waals surface area contributed by atoms with Crippen molar-refractivity contribution in [1.82, 2.24) is 0 Å². The van der Waals surface area contributed by atoms with Gasteiger partial charge in [-0.2, -0.15) is 0 Å². The van der Waals surface area contributed by atoms with Crippen LogP contribution in [0.3, 0.4) is 0 Å². The normalized spacial score (nSPS) is 11.6. The maximum absolute atomic E-state index is 6.48. The molecule has 13 aromatic rings. The maximum Gasteiger partial charge on any atom is 0.143 e. The van der Waals surface area contributed by atoms with E-state index in [0.29, 0.717) is 0 Å². The molecule has 2 aromatic heterocycles. The first kappa shape index (κ1) is 38.5. The molecule has 11 aromatic carbocycles. The predicted molar refractivity (Wildman–Crippen MR) is 280 cm³/mol. The summed E-state index contributed by atoms with van der Waals surface area (Å²) in [6.07, 6.45) is 0. The van der Waals surface area contributed by atoms with Crippen molar-refractivity contribution >= 4 is 71.7 Å². The van der Waals surface area contributed by atoms with Gasteiger partial charge in [-0.05, 0) is 122 Å². The molecule has 13 rings (SSSR count). The van der Waals surface area contributed by atoms with E-state index in [0.717, 1.165) is 94.3 Å². The summed E-state index contributed by atoms with van der Waals surface area (Å²) in [5.41, 5.74) is 18.2. The summed E-state index contributed by atoms with van der Waals surface area (Å²) in [6, 6.07) is 89.0.